The number of nitrogens with zero attached hydrogens (tertiary/aromatic N) is 5. The summed E-state index contributed by atoms with van der Waals surface area (Å²) in [7, 11) is 0. The minimum absolute atomic E-state index is 0.00699. The largest absolute Gasteiger partial charge is 0.355 e. The van der Waals surface area contributed by atoms with E-state index in [1.807, 2.05) is 23.1 Å². The predicted octanol–water partition coefficient (Wildman–Crippen LogP) is 2.71. The van der Waals surface area contributed by atoms with E-state index < -0.39 is 0 Å². The lowest BCUT2D eigenvalue weighted by Gasteiger charge is -2.22. The van der Waals surface area contributed by atoms with Crippen molar-refractivity contribution in [3.63, 3.8) is 0 Å². The molecule has 2 aromatic heterocycles. The normalized spacial score (nSPS) is 16.6. The molecule has 29 heavy (non-hydrogen) atoms. The van der Waals surface area contributed by atoms with Gasteiger partial charge in [0.25, 0.3) is 5.91 Å². The molecule has 0 spiro atoms. The average Bonchev–Trinajstić information content (AvgIpc) is 3.40. The SMILES string of the molecule is O=C(c1cncc(N2CCc3[nH]nc(-c4ccccc4)c3CC2)n1)N1CCCC1. The number of likely N-dealkylation sites (tertiary alicyclic amines) is 1. The van der Waals surface area contributed by atoms with Crippen molar-refractivity contribution in [2.24, 2.45) is 0 Å². The Morgan fingerprint density at radius 2 is 1.76 bits per heavy atom. The fraction of sp³-hybridized carbons (Fsp3) is 0.364. The third-order valence-corrected chi connectivity index (χ3v) is 5.82. The number of hydrogen-bond acceptors (Lipinski definition) is 5. The minimum Gasteiger partial charge on any atom is -0.355 e. The highest BCUT2D eigenvalue weighted by molar-refractivity contribution is 5.92. The Labute approximate surface area is 169 Å². The zero-order valence-corrected chi connectivity index (χ0v) is 16.3. The lowest BCUT2D eigenvalue weighted by atomic mass is 10.0. The van der Waals surface area contributed by atoms with Gasteiger partial charge in [-0.05, 0) is 19.3 Å². The molecule has 2 aliphatic heterocycles. The number of H-pyrrole nitrogens is 1. The van der Waals surface area contributed by atoms with Gasteiger partial charge in [-0.2, -0.15) is 5.10 Å². The Kier molecular flexibility index (Phi) is 4.71. The van der Waals surface area contributed by atoms with Gasteiger partial charge in [-0.1, -0.05) is 30.3 Å². The van der Waals surface area contributed by atoms with Gasteiger partial charge in [0.1, 0.15) is 11.5 Å². The molecule has 1 fully saturated rings. The molecule has 0 atom stereocenters. The Bertz CT molecular complexity index is 1010. The molecule has 0 bridgehead atoms. The monoisotopic (exact) mass is 388 g/mol. The lowest BCUT2D eigenvalue weighted by molar-refractivity contribution is 0.0786. The Morgan fingerprint density at radius 1 is 0.966 bits per heavy atom. The molecule has 0 unspecified atom stereocenters. The zero-order valence-electron chi connectivity index (χ0n) is 16.3. The molecule has 1 saturated heterocycles. The van der Waals surface area contributed by atoms with E-state index in [1.165, 1.54) is 11.3 Å². The van der Waals surface area contributed by atoms with Gasteiger partial charge in [0.05, 0.1) is 18.1 Å². The summed E-state index contributed by atoms with van der Waals surface area (Å²) in [5.74, 6) is 0.766. The Hall–Kier alpha value is -3.22. The van der Waals surface area contributed by atoms with Gasteiger partial charge in [0, 0.05) is 49.4 Å². The minimum atomic E-state index is -0.00699. The van der Waals surface area contributed by atoms with Crippen LogP contribution in [0.3, 0.4) is 0 Å². The molecule has 1 aromatic carbocycles. The van der Waals surface area contributed by atoms with Crippen LogP contribution in [0.5, 0.6) is 0 Å². The van der Waals surface area contributed by atoms with Crippen molar-refractivity contribution >= 4 is 11.7 Å². The van der Waals surface area contributed by atoms with Crippen molar-refractivity contribution in [3.8, 4) is 11.3 Å². The molecule has 1 N–H and O–H groups in total. The summed E-state index contributed by atoms with van der Waals surface area (Å²) in [6, 6.07) is 10.3. The number of anilines is 1. The summed E-state index contributed by atoms with van der Waals surface area (Å²) < 4.78 is 0. The summed E-state index contributed by atoms with van der Waals surface area (Å²) in [6.45, 7) is 3.28. The average molecular weight is 388 g/mol. The van der Waals surface area contributed by atoms with Crippen LogP contribution in [0.1, 0.15) is 34.6 Å². The van der Waals surface area contributed by atoms with Crippen molar-refractivity contribution in [1.82, 2.24) is 25.1 Å². The quantitative estimate of drug-likeness (QED) is 0.746. The number of carbonyl (C=O) groups is 1. The standard InChI is InChI=1S/C22H24N6O/c29-22(28-10-4-5-11-28)19-14-23-15-20(24-19)27-12-8-17-18(9-13-27)25-26-21(17)16-6-2-1-3-7-16/h1-3,6-7,14-15H,4-5,8-13H2,(H,25,26). The Balaban J connectivity index is 1.36. The highest BCUT2D eigenvalue weighted by Crippen LogP contribution is 2.27. The van der Waals surface area contributed by atoms with Crippen LogP contribution in [0.15, 0.2) is 42.7 Å². The molecular weight excluding hydrogens is 364 g/mol. The number of benzene rings is 1. The summed E-state index contributed by atoms with van der Waals surface area (Å²) >= 11 is 0. The second kappa shape index (κ2) is 7.66. The zero-order chi connectivity index (χ0) is 19.6. The molecule has 3 aromatic rings. The van der Waals surface area contributed by atoms with Gasteiger partial charge in [-0.3, -0.25) is 14.9 Å². The van der Waals surface area contributed by atoms with Crippen molar-refractivity contribution in [1.29, 1.82) is 0 Å². The molecular formula is C22H24N6O. The van der Waals surface area contributed by atoms with Crippen LogP contribution in [0, 0.1) is 0 Å². The number of amides is 1. The highest BCUT2D eigenvalue weighted by Gasteiger charge is 2.24. The van der Waals surface area contributed by atoms with E-state index in [4.69, 9.17) is 0 Å². The summed E-state index contributed by atoms with van der Waals surface area (Å²) in [4.78, 5) is 25.7. The molecule has 148 valence electrons. The molecule has 1 amide bonds. The van der Waals surface area contributed by atoms with Gasteiger partial charge < -0.3 is 9.80 Å². The van der Waals surface area contributed by atoms with Crippen LogP contribution < -0.4 is 4.90 Å². The van der Waals surface area contributed by atoms with E-state index in [2.05, 4.69) is 37.2 Å². The number of aromatic nitrogens is 4. The fourth-order valence-electron chi connectivity index (χ4n) is 4.24. The first-order valence-electron chi connectivity index (χ1n) is 10.3. The van der Waals surface area contributed by atoms with Crippen LogP contribution in [-0.4, -0.2) is 57.2 Å². The Morgan fingerprint density at radius 3 is 2.59 bits per heavy atom. The van der Waals surface area contributed by atoms with Crippen molar-refractivity contribution in [2.75, 3.05) is 31.1 Å². The molecule has 7 heteroatoms. The van der Waals surface area contributed by atoms with Crippen LogP contribution in [-0.2, 0) is 12.8 Å². The molecule has 5 rings (SSSR count). The van der Waals surface area contributed by atoms with E-state index in [0.29, 0.717) is 5.69 Å². The maximum atomic E-state index is 12.7. The first-order chi connectivity index (χ1) is 14.3. The van der Waals surface area contributed by atoms with Crippen LogP contribution in [0.25, 0.3) is 11.3 Å². The van der Waals surface area contributed by atoms with E-state index in [1.54, 1.807) is 12.4 Å². The van der Waals surface area contributed by atoms with Gasteiger partial charge in [0.15, 0.2) is 0 Å². The molecule has 0 aliphatic carbocycles. The maximum Gasteiger partial charge on any atom is 0.274 e. The number of rotatable bonds is 3. The first kappa shape index (κ1) is 17.8. The van der Waals surface area contributed by atoms with Gasteiger partial charge in [0.2, 0.25) is 0 Å². The molecule has 0 saturated carbocycles. The van der Waals surface area contributed by atoms with E-state index in [0.717, 1.165) is 68.9 Å². The van der Waals surface area contributed by atoms with E-state index >= 15 is 0 Å². The van der Waals surface area contributed by atoms with Crippen molar-refractivity contribution in [2.45, 2.75) is 25.7 Å². The summed E-state index contributed by atoms with van der Waals surface area (Å²) in [6.07, 6.45) is 7.23. The van der Waals surface area contributed by atoms with Crippen molar-refractivity contribution in [3.05, 3.63) is 59.7 Å². The summed E-state index contributed by atoms with van der Waals surface area (Å²) in [5.41, 5.74) is 5.07. The number of carbonyl (C=O) groups excluding carboxylic acids is 1. The van der Waals surface area contributed by atoms with Crippen molar-refractivity contribution < 1.29 is 4.79 Å². The lowest BCUT2D eigenvalue weighted by Crippen LogP contribution is -2.31. The van der Waals surface area contributed by atoms with Gasteiger partial charge in [-0.15, -0.1) is 0 Å². The van der Waals surface area contributed by atoms with E-state index in [-0.39, 0.29) is 5.91 Å². The van der Waals surface area contributed by atoms with Gasteiger partial charge in [-0.25, -0.2) is 4.98 Å². The molecule has 2 aliphatic rings. The molecule has 0 radical (unpaired) electrons. The third-order valence-electron chi connectivity index (χ3n) is 5.82. The molecule has 4 heterocycles. The second-order valence-corrected chi connectivity index (χ2v) is 7.64. The van der Waals surface area contributed by atoms with Crippen LogP contribution >= 0.6 is 0 Å². The number of hydrogen-bond donors (Lipinski definition) is 1. The van der Waals surface area contributed by atoms with Crippen LogP contribution in [0.4, 0.5) is 5.82 Å². The number of fused-ring (bicyclic) bond motifs is 1. The third kappa shape index (κ3) is 3.48. The van der Waals surface area contributed by atoms with Crippen LogP contribution in [0.2, 0.25) is 0 Å². The molecule has 7 nitrogen and oxygen atoms in total. The second-order valence-electron chi connectivity index (χ2n) is 7.64. The topological polar surface area (TPSA) is 78.0 Å². The number of nitrogens with one attached hydrogen (secondary N) is 1. The maximum absolute atomic E-state index is 12.7. The van der Waals surface area contributed by atoms with Gasteiger partial charge >= 0.3 is 0 Å². The number of aromatic amines is 1. The fourth-order valence-corrected chi connectivity index (χ4v) is 4.24. The first-order valence-corrected chi connectivity index (χ1v) is 10.3. The highest BCUT2D eigenvalue weighted by atomic mass is 16.2. The predicted molar refractivity (Wildman–Crippen MR) is 111 cm³/mol. The smallest absolute Gasteiger partial charge is 0.274 e. The van der Waals surface area contributed by atoms with E-state index in [9.17, 15) is 4.79 Å². The summed E-state index contributed by atoms with van der Waals surface area (Å²) in [5, 5.41) is 7.80.